The number of piperazine rings is 1. The Morgan fingerprint density at radius 3 is 2.63 bits per heavy atom. The zero-order chi connectivity index (χ0) is 20.9. The van der Waals surface area contributed by atoms with E-state index < -0.39 is 0 Å². The fourth-order valence-corrected chi connectivity index (χ4v) is 4.40. The molecule has 0 radical (unpaired) electrons. The second-order valence-corrected chi connectivity index (χ2v) is 8.10. The van der Waals surface area contributed by atoms with Gasteiger partial charge in [0.05, 0.1) is 13.3 Å². The lowest BCUT2D eigenvalue weighted by atomic mass is 10.2. The van der Waals surface area contributed by atoms with Gasteiger partial charge in [0.2, 0.25) is 5.91 Å². The first-order valence-corrected chi connectivity index (χ1v) is 11.0. The van der Waals surface area contributed by atoms with Crippen LogP contribution in [0.1, 0.15) is 25.7 Å². The Bertz CT molecular complexity index is 827. The Kier molecular flexibility index (Phi) is 6.69. The number of aromatic nitrogens is 1. The van der Waals surface area contributed by atoms with Crippen molar-refractivity contribution in [3.8, 4) is 17.1 Å². The van der Waals surface area contributed by atoms with E-state index in [1.165, 1.54) is 0 Å². The summed E-state index contributed by atoms with van der Waals surface area (Å²) in [5.74, 6) is 2.34. The van der Waals surface area contributed by atoms with Crippen LogP contribution >= 0.6 is 0 Å². The van der Waals surface area contributed by atoms with Gasteiger partial charge in [-0.1, -0.05) is 6.92 Å². The second-order valence-electron chi connectivity index (χ2n) is 8.10. The molecule has 30 heavy (non-hydrogen) atoms. The number of ether oxygens (including phenoxy) is 1. The molecule has 2 fully saturated rings. The lowest BCUT2D eigenvalue weighted by Crippen LogP contribution is -2.51. The minimum Gasteiger partial charge on any atom is -0.497 e. The summed E-state index contributed by atoms with van der Waals surface area (Å²) in [6.07, 6.45) is 3.78. The predicted molar refractivity (Wildman–Crippen MR) is 115 cm³/mol. The van der Waals surface area contributed by atoms with E-state index in [1.807, 2.05) is 29.2 Å². The van der Waals surface area contributed by atoms with Gasteiger partial charge in [0, 0.05) is 63.7 Å². The first-order chi connectivity index (χ1) is 14.7. The molecule has 7 nitrogen and oxygen atoms in total. The molecule has 162 valence electrons. The van der Waals surface area contributed by atoms with Gasteiger partial charge in [-0.05, 0) is 37.2 Å². The van der Waals surface area contributed by atoms with Crippen LogP contribution in [0.4, 0.5) is 0 Å². The summed E-state index contributed by atoms with van der Waals surface area (Å²) in [4.78, 5) is 24.1. The number of hydrogen-bond donors (Lipinski definition) is 0. The van der Waals surface area contributed by atoms with E-state index in [2.05, 4.69) is 21.7 Å². The van der Waals surface area contributed by atoms with Gasteiger partial charge < -0.3 is 19.0 Å². The first-order valence-electron chi connectivity index (χ1n) is 11.0. The van der Waals surface area contributed by atoms with E-state index >= 15 is 0 Å². The van der Waals surface area contributed by atoms with Crippen LogP contribution in [0, 0.1) is 0 Å². The van der Waals surface area contributed by atoms with Gasteiger partial charge in [-0.3, -0.25) is 9.69 Å². The van der Waals surface area contributed by atoms with E-state index in [0.29, 0.717) is 30.5 Å². The number of oxazole rings is 1. The highest BCUT2D eigenvalue weighted by molar-refractivity contribution is 5.76. The van der Waals surface area contributed by atoms with Crippen molar-refractivity contribution in [1.82, 2.24) is 19.7 Å². The molecule has 0 N–H and O–H groups in total. The zero-order valence-electron chi connectivity index (χ0n) is 18.0. The van der Waals surface area contributed by atoms with Gasteiger partial charge in [-0.25, -0.2) is 4.98 Å². The number of benzene rings is 1. The maximum Gasteiger partial charge on any atom is 0.223 e. The number of amides is 1. The largest absolute Gasteiger partial charge is 0.497 e. The summed E-state index contributed by atoms with van der Waals surface area (Å²) in [5.41, 5.74) is 0.950. The fourth-order valence-electron chi connectivity index (χ4n) is 4.40. The van der Waals surface area contributed by atoms with Crippen molar-refractivity contribution in [1.29, 1.82) is 0 Å². The van der Waals surface area contributed by atoms with Crippen molar-refractivity contribution in [2.75, 3.05) is 52.9 Å². The van der Waals surface area contributed by atoms with Gasteiger partial charge in [-0.15, -0.1) is 0 Å². The average molecular weight is 413 g/mol. The number of nitrogens with zero attached hydrogens (tertiary/aromatic N) is 4. The Morgan fingerprint density at radius 1 is 1.17 bits per heavy atom. The van der Waals surface area contributed by atoms with E-state index in [9.17, 15) is 4.79 Å². The minimum atomic E-state index is 0.203. The summed E-state index contributed by atoms with van der Waals surface area (Å²) in [5, 5.41) is 0. The predicted octanol–water partition coefficient (Wildman–Crippen LogP) is 2.52. The number of hydrogen-bond acceptors (Lipinski definition) is 6. The molecule has 1 aromatic heterocycles. The van der Waals surface area contributed by atoms with Crippen LogP contribution in [0.3, 0.4) is 0 Å². The summed E-state index contributed by atoms with van der Waals surface area (Å²) in [6, 6.07) is 8.19. The molecule has 1 atom stereocenters. The number of methoxy groups -OCH3 is 1. The summed E-state index contributed by atoms with van der Waals surface area (Å²) >= 11 is 0. The molecule has 2 aliphatic rings. The SMILES string of the molecule is CCN1CCN(C2CCN(C(=O)CCc3ncc(-c4ccc(OC)cc4)o3)C2)CC1. The highest BCUT2D eigenvalue weighted by atomic mass is 16.5. The Hall–Kier alpha value is -2.38. The molecule has 0 spiro atoms. The Labute approximate surface area is 178 Å². The number of likely N-dealkylation sites (N-methyl/N-ethyl adjacent to an activating group) is 1. The van der Waals surface area contributed by atoms with Crippen molar-refractivity contribution in [2.24, 2.45) is 0 Å². The zero-order valence-corrected chi connectivity index (χ0v) is 18.0. The fraction of sp³-hybridized carbons (Fsp3) is 0.565. The molecule has 0 saturated carbocycles. The number of carbonyl (C=O) groups excluding carboxylic acids is 1. The highest BCUT2D eigenvalue weighted by Crippen LogP contribution is 2.24. The smallest absolute Gasteiger partial charge is 0.223 e. The van der Waals surface area contributed by atoms with Crippen LogP contribution in [0.15, 0.2) is 34.9 Å². The standard InChI is InChI=1S/C23H32N4O3/c1-3-25-12-14-26(15-13-25)19-10-11-27(17-19)23(28)9-8-22-24-16-21(30-22)18-4-6-20(29-2)7-5-18/h4-7,16,19H,3,8-15,17H2,1-2H3. The molecule has 3 heterocycles. The number of aryl methyl sites for hydroxylation is 1. The van der Waals surface area contributed by atoms with Crippen LogP contribution < -0.4 is 4.74 Å². The van der Waals surface area contributed by atoms with Gasteiger partial charge in [0.1, 0.15) is 5.75 Å². The van der Waals surface area contributed by atoms with Crippen molar-refractivity contribution >= 4 is 5.91 Å². The van der Waals surface area contributed by atoms with Crippen LogP contribution in [-0.4, -0.2) is 84.6 Å². The molecule has 0 bridgehead atoms. The monoisotopic (exact) mass is 412 g/mol. The highest BCUT2D eigenvalue weighted by Gasteiger charge is 2.31. The van der Waals surface area contributed by atoms with Crippen LogP contribution in [0.25, 0.3) is 11.3 Å². The quantitative estimate of drug-likeness (QED) is 0.696. The van der Waals surface area contributed by atoms with Crippen LogP contribution in [0.2, 0.25) is 0 Å². The Balaban J connectivity index is 1.25. The molecule has 1 aromatic carbocycles. The van der Waals surface area contributed by atoms with Crippen molar-refractivity contribution in [2.45, 2.75) is 32.2 Å². The summed E-state index contributed by atoms with van der Waals surface area (Å²) in [7, 11) is 1.65. The van der Waals surface area contributed by atoms with Crippen LogP contribution in [0.5, 0.6) is 5.75 Å². The van der Waals surface area contributed by atoms with Gasteiger partial charge in [0.25, 0.3) is 0 Å². The van der Waals surface area contributed by atoms with Crippen molar-refractivity contribution in [3.63, 3.8) is 0 Å². The van der Waals surface area contributed by atoms with Crippen molar-refractivity contribution in [3.05, 3.63) is 36.4 Å². The van der Waals surface area contributed by atoms with Gasteiger partial charge >= 0.3 is 0 Å². The molecule has 7 heteroatoms. The van der Waals surface area contributed by atoms with Crippen molar-refractivity contribution < 1.29 is 13.9 Å². The number of likely N-dealkylation sites (tertiary alicyclic amines) is 1. The minimum absolute atomic E-state index is 0.203. The summed E-state index contributed by atoms with van der Waals surface area (Å²) < 4.78 is 11.0. The summed E-state index contributed by atoms with van der Waals surface area (Å²) in [6.45, 7) is 9.58. The topological polar surface area (TPSA) is 62.0 Å². The van der Waals surface area contributed by atoms with Gasteiger partial charge in [-0.2, -0.15) is 0 Å². The average Bonchev–Trinajstić information content (AvgIpc) is 3.48. The second kappa shape index (κ2) is 9.62. The normalized spacial score (nSPS) is 20.6. The van der Waals surface area contributed by atoms with E-state index in [-0.39, 0.29) is 5.91 Å². The molecule has 2 saturated heterocycles. The third-order valence-corrected chi connectivity index (χ3v) is 6.37. The lowest BCUT2D eigenvalue weighted by Gasteiger charge is -2.37. The van der Waals surface area contributed by atoms with E-state index in [0.717, 1.165) is 63.5 Å². The third-order valence-electron chi connectivity index (χ3n) is 6.37. The molecule has 4 rings (SSSR count). The maximum atomic E-state index is 12.7. The molecule has 2 aromatic rings. The molecular weight excluding hydrogens is 380 g/mol. The van der Waals surface area contributed by atoms with Gasteiger partial charge in [0.15, 0.2) is 11.7 Å². The number of rotatable bonds is 7. The molecule has 2 aliphatic heterocycles. The molecule has 1 unspecified atom stereocenters. The maximum absolute atomic E-state index is 12.7. The van der Waals surface area contributed by atoms with E-state index in [4.69, 9.17) is 9.15 Å². The van der Waals surface area contributed by atoms with Crippen LogP contribution in [-0.2, 0) is 11.2 Å². The molecular formula is C23H32N4O3. The first kappa shape index (κ1) is 20.9. The van der Waals surface area contributed by atoms with E-state index in [1.54, 1.807) is 13.3 Å². The molecule has 0 aliphatic carbocycles. The lowest BCUT2D eigenvalue weighted by molar-refractivity contribution is -0.130. The number of carbonyl (C=O) groups is 1. The Morgan fingerprint density at radius 2 is 1.93 bits per heavy atom. The molecule has 1 amide bonds. The third kappa shape index (κ3) is 4.84.